The number of para-hydroxylation sites is 3. The molecule has 2 saturated heterocycles. The van der Waals surface area contributed by atoms with E-state index in [1.807, 2.05) is 42.5 Å². The normalized spacial score (nSPS) is 17.3. The number of carbonyl (C=O) groups excluding carboxylic acids is 1. The second kappa shape index (κ2) is 9.25. The first kappa shape index (κ1) is 21.5. The van der Waals surface area contributed by atoms with Gasteiger partial charge >= 0.3 is 0 Å². The van der Waals surface area contributed by atoms with Crippen LogP contribution in [0.1, 0.15) is 12.8 Å². The number of nitrogens with zero attached hydrogens (tertiary/aromatic N) is 2. The maximum absolute atomic E-state index is 12.5. The largest absolute Gasteiger partial charge is 0.495 e. The minimum Gasteiger partial charge on any atom is -0.495 e. The van der Waals surface area contributed by atoms with Gasteiger partial charge in [0.2, 0.25) is 0 Å². The summed E-state index contributed by atoms with van der Waals surface area (Å²) in [5, 5.41) is 3.78. The second-order valence-electron chi connectivity index (χ2n) is 8.13. The van der Waals surface area contributed by atoms with Gasteiger partial charge in [-0.05, 0) is 30.3 Å². The van der Waals surface area contributed by atoms with Gasteiger partial charge in [-0.2, -0.15) is 0 Å². The Labute approximate surface area is 192 Å². The molecule has 0 unspecified atom stereocenters. The van der Waals surface area contributed by atoms with Crippen molar-refractivity contribution in [1.29, 1.82) is 0 Å². The van der Waals surface area contributed by atoms with Gasteiger partial charge < -0.3 is 29.2 Å². The highest BCUT2D eigenvalue weighted by Gasteiger charge is 2.40. The zero-order chi connectivity index (χ0) is 22.7. The highest BCUT2D eigenvalue weighted by molar-refractivity contribution is 5.94. The molecule has 1 aromatic heterocycles. The number of benzene rings is 2. The van der Waals surface area contributed by atoms with Crippen molar-refractivity contribution in [2.75, 3.05) is 50.2 Å². The highest BCUT2D eigenvalue weighted by Crippen LogP contribution is 2.34. The van der Waals surface area contributed by atoms with Crippen molar-refractivity contribution in [3.63, 3.8) is 0 Å². The number of rotatable bonds is 6. The number of aromatic nitrogens is 1. The van der Waals surface area contributed by atoms with Gasteiger partial charge in [0.15, 0.2) is 12.4 Å². The van der Waals surface area contributed by atoms with E-state index in [0.717, 1.165) is 42.7 Å². The second-order valence-corrected chi connectivity index (χ2v) is 8.13. The van der Waals surface area contributed by atoms with Crippen LogP contribution in [0.4, 0.5) is 11.5 Å². The summed E-state index contributed by atoms with van der Waals surface area (Å²) in [5.41, 5.74) is 1.33. The summed E-state index contributed by atoms with van der Waals surface area (Å²) in [6.45, 7) is 2.81. The van der Waals surface area contributed by atoms with E-state index in [0.29, 0.717) is 30.4 Å². The van der Waals surface area contributed by atoms with Gasteiger partial charge in [-0.1, -0.05) is 24.3 Å². The lowest BCUT2D eigenvalue weighted by atomic mass is 10.0. The van der Waals surface area contributed by atoms with Crippen LogP contribution in [-0.2, 0) is 14.3 Å². The van der Waals surface area contributed by atoms with E-state index in [4.69, 9.17) is 23.9 Å². The molecule has 0 bridgehead atoms. The molecule has 1 N–H and O–H groups in total. The summed E-state index contributed by atoms with van der Waals surface area (Å²) in [5.74, 6) is 1.35. The zero-order valence-corrected chi connectivity index (χ0v) is 18.6. The smallest absolute Gasteiger partial charge is 0.262 e. The van der Waals surface area contributed by atoms with E-state index in [-0.39, 0.29) is 12.5 Å². The Morgan fingerprint density at radius 3 is 2.58 bits per heavy atom. The lowest BCUT2D eigenvalue weighted by Crippen LogP contribution is -2.45. The summed E-state index contributed by atoms with van der Waals surface area (Å²) in [6, 6.07) is 17.0. The van der Waals surface area contributed by atoms with E-state index >= 15 is 0 Å². The number of pyridine rings is 1. The summed E-state index contributed by atoms with van der Waals surface area (Å²) >= 11 is 0. The number of methoxy groups -OCH3 is 1. The van der Waals surface area contributed by atoms with Crippen molar-refractivity contribution in [3.8, 4) is 11.5 Å². The molecule has 8 nitrogen and oxygen atoms in total. The number of hydrogen-bond donors (Lipinski definition) is 1. The van der Waals surface area contributed by atoms with E-state index in [1.165, 1.54) is 0 Å². The van der Waals surface area contributed by atoms with Crippen molar-refractivity contribution in [3.05, 3.63) is 54.6 Å². The van der Waals surface area contributed by atoms with Gasteiger partial charge in [-0.15, -0.1) is 0 Å². The van der Waals surface area contributed by atoms with Crippen LogP contribution in [-0.4, -0.2) is 56.7 Å². The van der Waals surface area contributed by atoms with E-state index in [2.05, 4.69) is 10.2 Å². The molecule has 5 rings (SSSR count). The molecule has 0 aliphatic carbocycles. The summed E-state index contributed by atoms with van der Waals surface area (Å²) < 4.78 is 22.8. The molecular weight excluding hydrogens is 422 g/mol. The molecular formula is C25H27N3O5. The molecule has 172 valence electrons. The van der Waals surface area contributed by atoms with E-state index in [9.17, 15) is 4.79 Å². The number of nitrogens with one attached hydrogen (secondary N) is 1. The van der Waals surface area contributed by atoms with E-state index < -0.39 is 5.79 Å². The van der Waals surface area contributed by atoms with Crippen LogP contribution >= 0.6 is 0 Å². The van der Waals surface area contributed by atoms with Gasteiger partial charge in [0.1, 0.15) is 22.8 Å². The first-order valence-corrected chi connectivity index (χ1v) is 11.1. The predicted molar refractivity (Wildman–Crippen MR) is 125 cm³/mol. The molecule has 3 heterocycles. The third-order valence-electron chi connectivity index (χ3n) is 6.07. The molecule has 2 aliphatic heterocycles. The van der Waals surface area contributed by atoms with Crippen LogP contribution in [0.25, 0.3) is 10.9 Å². The van der Waals surface area contributed by atoms with Crippen LogP contribution in [0.15, 0.2) is 54.6 Å². The number of piperidine rings is 1. The standard InChI is InChI=1S/C25H27N3O5/c1-30-20-7-3-2-6-19(20)26-23(29)17-31-21-8-4-5-18-9-10-22(27-24(18)21)28-13-11-25(12-14-28)32-15-16-33-25/h2-10H,11-17H2,1H3,(H,26,29). The lowest BCUT2D eigenvalue weighted by Gasteiger charge is -2.38. The van der Waals surface area contributed by atoms with Crippen molar-refractivity contribution < 1.29 is 23.7 Å². The Balaban J connectivity index is 1.28. The van der Waals surface area contributed by atoms with Crippen LogP contribution in [0.2, 0.25) is 0 Å². The molecule has 0 radical (unpaired) electrons. The fourth-order valence-electron chi connectivity index (χ4n) is 4.34. The molecule has 33 heavy (non-hydrogen) atoms. The quantitative estimate of drug-likeness (QED) is 0.616. The first-order valence-electron chi connectivity index (χ1n) is 11.1. The van der Waals surface area contributed by atoms with Gasteiger partial charge in [-0.3, -0.25) is 4.79 Å². The zero-order valence-electron chi connectivity index (χ0n) is 18.6. The fraction of sp³-hybridized carbons (Fsp3) is 0.360. The number of fused-ring (bicyclic) bond motifs is 1. The summed E-state index contributed by atoms with van der Waals surface area (Å²) in [7, 11) is 1.57. The predicted octanol–water partition coefficient (Wildman–Crippen LogP) is 3.60. The Bertz CT molecular complexity index is 1140. The molecule has 8 heteroatoms. The number of hydrogen-bond acceptors (Lipinski definition) is 7. The topological polar surface area (TPSA) is 82.2 Å². The average Bonchev–Trinajstić information content (AvgIpc) is 3.31. The third kappa shape index (κ3) is 4.58. The monoisotopic (exact) mass is 449 g/mol. The Morgan fingerprint density at radius 2 is 1.79 bits per heavy atom. The fourth-order valence-corrected chi connectivity index (χ4v) is 4.34. The van der Waals surface area contributed by atoms with Crippen LogP contribution in [0.5, 0.6) is 11.5 Å². The summed E-state index contributed by atoms with van der Waals surface area (Å²) in [6.07, 6.45) is 1.63. The molecule has 0 atom stereocenters. The minimum atomic E-state index is -0.420. The van der Waals surface area contributed by atoms with Crippen LogP contribution in [0.3, 0.4) is 0 Å². The van der Waals surface area contributed by atoms with Crippen LogP contribution < -0.4 is 19.7 Å². The maximum atomic E-state index is 12.5. The maximum Gasteiger partial charge on any atom is 0.262 e. The average molecular weight is 450 g/mol. The van der Waals surface area contributed by atoms with Crippen molar-refractivity contribution in [1.82, 2.24) is 4.98 Å². The summed E-state index contributed by atoms with van der Waals surface area (Å²) in [4.78, 5) is 19.6. The van der Waals surface area contributed by atoms with Gasteiger partial charge in [0, 0.05) is 31.3 Å². The van der Waals surface area contributed by atoms with Crippen molar-refractivity contribution in [2.24, 2.45) is 0 Å². The van der Waals surface area contributed by atoms with Crippen molar-refractivity contribution in [2.45, 2.75) is 18.6 Å². The lowest BCUT2D eigenvalue weighted by molar-refractivity contribution is -0.169. The molecule has 2 aromatic carbocycles. The molecule has 2 fully saturated rings. The number of ether oxygens (including phenoxy) is 4. The van der Waals surface area contributed by atoms with Gasteiger partial charge in [-0.25, -0.2) is 4.98 Å². The number of carbonyl (C=O) groups is 1. The highest BCUT2D eigenvalue weighted by atomic mass is 16.7. The molecule has 0 saturated carbocycles. The van der Waals surface area contributed by atoms with Crippen LogP contribution in [0, 0.1) is 0 Å². The first-order chi connectivity index (χ1) is 16.2. The SMILES string of the molecule is COc1ccccc1NC(=O)COc1cccc2ccc(N3CCC4(CC3)OCCO4)nc12. The number of amides is 1. The molecule has 1 amide bonds. The number of anilines is 2. The Morgan fingerprint density at radius 1 is 1.03 bits per heavy atom. The van der Waals surface area contributed by atoms with E-state index in [1.54, 1.807) is 19.2 Å². The molecule has 1 spiro atoms. The van der Waals surface area contributed by atoms with Gasteiger partial charge in [0.05, 0.1) is 26.0 Å². The van der Waals surface area contributed by atoms with Crippen molar-refractivity contribution >= 4 is 28.3 Å². The third-order valence-corrected chi connectivity index (χ3v) is 6.07. The molecule has 2 aliphatic rings. The molecule has 3 aromatic rings. The Kier molecular flexibility index (Phi) is 6.02. The van der Waals surface area contributed by atoms with Gasteiger partial charge in [0.25, 0.3) is 5.91 Å². The Hall–Kier alpha value is -3.36. The minimum absolute atomic E-state index is 0.135.